The number of rotatable bonds is 5. The van der Waals surface area contributed by atoms with Crippen molar-refractivity contribution in [2.75, 3.05) is 12.3 Å². The zero-order valence-corrected chi connectivity index (χ0v) is 11.0. The van der Waals surface area contributed by atoms with Crippen LogP contribution in [0.3, 0.4) is 0 Å². The molecule has 0 fully saturated rings. The van der Waals surface area contributed by atoms with Gasteiger partial charge in [0.1, 0.15) is 11.8 Å². The Morgan fingerprint density at radius 2 is 2.47 bits per heavy atom. The highest BCUT2D eigenvalue weighted by Crippen LogP contribution is 2.12. The predicted octanol–water partition coefficient (Wildman–Crippen LogP) is 1.29. The van der Waals surface area contributed by atoms with Crippen LogP contribution in [0.1, 0.15) is 28.2 Å². The number of aromatic nitrogens is 2. The molecule has 0 atom stereocenters. The third-order valence-corrected chi connectivity index (χ3v) is 3.24. The normalized spacial score (nSPS) is 10.1. The number of nitrogens with one attached hydrogen (secondary N) is 2. The summed E-state index contributed by atoms with van der Waals surface area (Å²) in [4.78, 5) is 18.6. The fourth-order valence-electron chi connectivity index (χ4n) is 1.59. The lowest BCUT2D eigenvalue weighted by Gasteiger charge is -2.02. The average Bonchev–Trinajstić information content (AvgIpc) is 3.03. The van der Waals surface area contributed by atoms with E-state index in [1.807, 2.05) is 11.4 Å². The number of nitrogens with two attached hydrogens (primary N) is 1. The van der Waals surface area contributed by atoms with E-state index < -0.39 is 0 Å². The van der Waals surface area contributed by atoms with E-state index in [4.69, 9.17) is 11.0 Å². The second-order valence-electron chi connectivity index (χ2n) is 3.95. The first-order valence-electron chi connectivity index (χ1n) is 5.75. The maximum Gasteiger partial charge on any atom is 0.267 e. The van der Waals surface area contributed by atoms with Crippen LogP contribution in [0, 0.1) is 11.3 Å². The third-order valence-electron chi connectivity index (χ3n) is 2.52. The van der Waals surface area contributed by atoms with Crippen LogP contribution in [0.5, 0.6) is 0 Å². The highest BCUT2D eigenvalue weighted by atomic mass is 32.1. The Bertz CT molecular complexity index is 610. The van der Waals surface area contributed by atoms with Gasteiger partial charge in [0.05, 0.1) is 11.3 Å². The van der Waals surface area contributed by atoms with Crippen LogP contribution >= 0.6 is 11.3 Å². The Morgan fingerprint density at radius 1 is 1.63 bits per heavy atom. The van der Waals surface area contributed by atoms with E-state index in [2.05, 4.69) is 15.3 Å². The minimum atomic E-state index is -0.209. The first kappa shape index (κ1) is 13.1. The monoisotopic (exact) mass is 275 g/mol. The standard InChI is InChI=1S/C12H13N5OS/c13-5-8-4-10(16-6-8)11(18)15-3-1-2-9-7-19-12(14)17-9/h4,6-7,16H,1-3H2,(H2,14,17)(H,15,18). The fraction of sp³-hybridized carbons (Fsp3) is 0.250. The largest absolute Gasteiger partial charge is 0.375 e. The molecule has 0 aliphatic heterocycles. The lowest BCUT2D eigenvalue weighted by molar-refractivity contribution is 0.0949. The Hall–Kier alpha value is -2.33. The molecule has 7 heteroatoms. The summed E-state index contributed by atoms with van der Waals surface area (Å²) in [6, 6.07) is 3.49. The topological polar surface area (TPSA) is 108 Å². The highest BCUT2D eigenvalue weighted by Gasteiger charge is 2.07. The molecule has 98 valence electrons. The van der Waals surface area contributed by atoms with E-state index in [0.717, 1.165) is 18.5 Å². The SMILES string of the molecule is N#Cc1c[nH]c(C(=O)NCCCc2csc(N)n2)c1. The van der Waals surface area contributed by atoms with Gasteiger partial charge in [0, 0.05) is 18.1 Å². The van der Waals surface area contributed by atoms with Crippen molar-refractivity contribution in [3.8, 4) is 6.07 Å². The molecule has 4 N–H and O–H groups in total. The minimum absolute atomic E-state index is 0.209. The number of amides is 1. The number of nitrogens with zero attached hydrogens (tertiary/aromatic N) is 2. The Balaban J connectivity index is 1.73. The Morgan fingerprint density at radius 3 is 3.11 bits per heavy atom. The van der Waals surface area contributed by atoms with Crippen molar-refractivity contribution in [2.24, 2.45) is 0 Å². The molecule has 6 nitrogen and oxygen atoms in total. The molecule has 2 heterocycles. The lowest BCUT2D eigenvalue weighted by Crippen LogP contribution is -2.25. The Labute approximate surface area is 114 Å². The first-order valence-corrected chi connectivity index (χ1v) is 6.63. The molecule has 1 amide bonds. The summed E-state index contributed by atoms with van der Waals surface area (Å²) in [5, 5.41) is 13.9. The maximum absolute atomic E-state index is 11.7. The van der Waals surface area contributed by atoms with E-state index in [1.165, 1.54) is 23.6 Å². The summed E-state index contributed by atoms with van der Waals surface area (Å²) in [7, 11) is 0. The molecular weight excluding hydrogens is 262 g/mol. The van der Waals surface area contributed by atoms with Crippen molar-refractivity contribution >= 4 is 22.4 Å². The molecule has 0 aliphatic carbocycles. The number of anilines is 1. The predicted molar refractivity (Wildman–Crippen MR) is 72.7 cm³/mol. The van der Waals surface area contributed by atoms with Crippen molar-refractivity contribution < 1.29 is 4.79 Å². The van der Waals surface area contributed by atoms with Crippen LogP contribution in [-0.2, 0) is 6.42 Å². The number of carbonyl (C=O) groups excluding carboxylic acids is 1. The molecule has 0 radical (unpaired) electrons. The second-order valence-corrected chi connectivity index (χ2v) is 4.84. The molecule has 0 aliphatic rings. The molecule has 0 aromatic carbocycles. The van der Waals surface area contributed by atoms with Crippen molar-refractivity contribution in [2.45, 2.75) is 12.8 Å². The number of H-pyrrole nitrogens is 1. The van der Waals surface area contributed by atoms with Gasteiger partial charge in [0.25, 0.3) is 5.91 Å². The van der Waals surface area contributed by atoms with Crippen LogP contribution in [0.15, 0.2) is 17.6 Å². The van der Waals surface area contributed by atoms with Crippen LogP contribution < -0.4 is 11.1 Å². The van der Waals surface area contributed by atoms with E-state index >= 15 is 0 Å². The molecule has 0 saturated carbocycles. The number of hydrogen-bond acceptors (Lipinski definition) is 5. The summed E-state index contributed by atoms with van der Waals surface area (Å²) < 4.78 is 0. The van der Waals surface area contributed by atoms with Gasteiger partial charge in [-0.1, -0.05) is 0 Å². The van der Waals surface area contributed by atoms with Gasteiger partial charge in [0.2, 0.25) is 0 Å². The molecule has 0 bridgehead atoms. The molecule has 2 aromatic heterocycles. The number of carbonyl (C=O) groups is 1. The van der Waals surface area contributed by atoms with Gasteiger partial charge < -0.3 is 16.0 Å². The van der Waals surface area contributed by atoms with E-state index in [9.17, 15) is 4.79 Å². The van der Waals surface area contributed by atoms with Crippen LogP contribution in [0.25, 0.3) is 0 Å². The van der Waals surface area contributed by atoms with E-state index in [0.29, 0.717) is 22.9 Å². The summed E-state index contributed by atoms with van der Waals surface area (Å²) in [5.41, 5.74) is 7.32. The molecule has 19 heavy (non-hydrogen) atoms. The van der Waals surface area contributed by atoms with Crippen LogP contribution in [-0.4, -0.2) is 22.4 Å². The van der Waals surface area contributed by atoms with Crippen molar-refractivity contribution in [3.63, 3.8) is 0 Å². The minimum Gasteiger partial charge on any atom is -0.375 e. The van der Waals surface area contributed by atoms with E-state index in [-0.39, 0.29) is 5.91 Å². The van der Waals surface area contributed by atoms with Gasteiger partial charge in [-0.15, -0.1) is 11.3 Å². The fourth-order valence-corrected chi connectivity index (χ4v) is 2.19. The zero-order valence-electron chi connectivity index (χ0n) is 10.1. The molecule has 2 aromatic rings. The first-order chi connectivity index (χ1) is 9.19. The number of thiazole rings is 1. The van der Waals surface area contributed by atoms with Gasteiger partial charge in [-0.2, -0.15) is 5.26 Å². The number of hydrogen-bond donors (Lipinski definition) is 3. The van der Waals surface area contributed by atoms with Crippen molar-refractivity contribution in [3.05, 3.63) is 34.6 Å². The zero-order chi connectivity index (χ0) is 13.7. The third kappa shape index (κ3) is 3.56. The summed E-state index contributed by atoms with van der Waals surface area (Å²) in [6.45, 7) is 0.553. The summed E-state index contributed by atoms with van der Waals surface area (Å²) in [6.07, 6.45) is 3.08. The van der Waals surface area contributed by atoms with Crippen molar-refractivity contribution in [1.82, 2.24) is 15.3 Å². The number of nitrogen functional groups attached to an aromatic ring is 1. The lowest BCUT2D eigenvalue weighted by atomic mass is 10.2. The molecular formula is C12H13N5OS. The summed E-state index contributed by atoms with van der Waals surface area (Å²) in [5.74, 6) is -0.209. The number of aromatic amines is 1. The van der Waals surface area contributed by atoms with Crippen LogP contribution in [0.4, 0.5) is 5.13 Å². The van der Waals surface area contributed by atoms with E-state index in [1.54, 1.807) is 0 Å². The second kappa shape index (κ2) is 6.02. The average molecular weight is 275 g/mol. The van der Waals surface area contributed by atoms with Gasteiger partial charge in [-0.05, 0) is 18.9 Å². The Kier molecular flexibility index (Phi) is 4.15. The highest BCUT2D eigenvalue weighted by molar-refractivity contribution is 7.13. The van der Waals surface area contributed by atoms with Gasteiger partial charge >= 0.3 is 0 Å². The number of aryl methyl sites for hydroxylation is 1. The molecule has 0 saturated heterocycles. The molecule has 0 spiro atoms. The maximum atomic E-state index is 11.7. The number of nitriles is 1. The van der Waals surface area contributed by atoms with Gasteiger partial charge in [-0.25, -0.2) is 4.98 Å². The quantitative estimate of drug-likeness (QED) is 0.714. The molecule has 0 unspecified atom stereocenters. The van der Waals surface area contributed by atoms with Crippen LogP contribution in [0.2, 0.25) is 0 Å². The summed E-state index contributed by atoms with van der Waals surface area (Å²) >= 11 is 1.41. The molecule has 2 rings (SSSR count). The van der Waals surface area contributed by atoms with Gasteiger partial charge in [-0.3, -0.25) is 4.79 Å². The van der Waals surface area contributed by atoms with Crippen molar-refractivity contribution in [1.29, 1.82) is 5.26 Å². The van der Waals surface area contributed by atoms with Gasteiger partial charge in [0.15, 0.2) is 5.13 Å². The smallest absolute Gasteiger partial charge is 0.267 e.